The van der Waals surface area contributed by atoms with Crippen molar-refractivity contribution in [3.05, 3.63) is 41.5 Å². The molecule has 1 amide bonds. The first-order chi connectivity index (χ1) is 11.1. The van der Waals surface area contributed by atoms with E-state index in [1.54, 1.807) is 6.92 Å². The summed E-state index contributed by atoms with van der Waals surface area (Å²) in [5.41, 5.74) is 1.09. The summed E-state index contributed by atoms with van der Waals surface area (Å²) in [5.74, 6) is 1.99. The second kappa shape index (κ2) is 5.37. The minimum Gasteiger partial charge on any atom is -0.480 e. The zero-order valence-electron chi connectivity index (χ0n) is 13.2. The molecule has 4 rings (SSSR count). The Morgan fingerprint density at radius 3 is 2.91 bits per heavy atom. The van der Waals surface area contributed by atoms with Crippen molar-refractivity contribution in [3.8, 4) is 5.75 Å². The van der Waals surface area contributed by atoms with Gasteiger partial charge < -0.3 is 14.2 Å². The molecule has 0 saturated carbocycles. The highest BCUT2D eigenvalue weighted by atomic mass is 16.5. The molecule has 6 nitrogen and oxygen atoms in total. The van der Waals surface area contributed by atoms with E-state index < -0.39 is 6.10 Å². The molecule has 1 aromatic heterocycles. The molecule has 2 aromatic rings. The highest BCUT2D eigenvalue weighted by Crippen LogP contribution is 2.40. The van der Waals surface area contributed by atoms with Crippen molar-refractivity contribution in [2.45, 2.75) is 44.8 Å². The summed E-state index contributed by atoms with van der Waals surface area (Å²) in [6.07, 6.45) is 1.33. The van der Waals surface area contributed by atoms with Crippen LogP contribution in [0, 0.1) is 6.92 Å². The van der Waals surface area contributed by atoms with Crippen LogP contribution in [-0.4, -0.2) is 33.6 Å². The van der Waals surface area contributed by atoms with Crippen LogP contribution in [0.5, 0.6) is 5.75 Å². The van der Waals surface area contributed by atoms with E-state index in [1.165, 1.54) is 0 Å². The molecule has 1 aromatic carbocycles. The van der Waals surface area contributed by atoms with Crippen LogP contribution in [0.15, 0.2) is 28.8 Å². The number of aromatic nitrogens is 2. The molecule has 0 aliphatic carbocycles. The maximum Gasteiger partial charge on any atom is 0.264 e. The Labute approximate surface area is 134 Å². The molecular formula is C17H19N3O3. The molecule has 23 heavy (non-hydrogen) atoms. The second-order valence-corrected chi connectivity index (χ2v) is 6.23. The number of fused-ring (bicyclic) bond motifs is 1. The van der Waals surface area contributed by atoms with E-state index in [4.69, 9.17) is 9.26 Å². The fourth-order valence-electron chi connectivity index (χ4n) is 3.54. The highest BCUT2D eigenvalue weighted by molar-refractivity contribution is 5.84. The van der Waals surface area contributed by atoms with Gasteiger partial charge in [-0.2, -0.15) is 4.98 Å². The van der Waals surface area contributed by atoms with E-state index in [2.05, 4.69) is 10.1 Å². The number of nitrogens with zero attached hydrogens (tertiary/aromatic N) is 3. The van der Waals surface area contributed by atoms with Gasteiger partial charge in [0.25, 0.3) is 5.91 Å². The Bertz CT molecular complexity index is 742. The molecule has 120 valence electrons. The second-order valence-electron chi connectivity index (χ2n) is 6.23. The van der Waals surface area contributed by atoms with Crippen molar-refractivity contribution in [2.75, 3.05) is 6.54 Å². The molecule has 3 heterocycles. The van der Waals surface area contributed by atoms with Crippen LogP contribution >= 0.6 is 0 Å². The molecule has 0 radical (unpaired) electrons. The molecule has 2 aliphatic rings. The van der Waals surface area contributed by atoms with Gasteiger partial charge in [-0.1, -0.05) is 30.3 Å². The smallest absolute Gasteiger partial charge is 0.264 e. The lowest BCUT2D eigenvalue weighted by atomic mass is 9.96. The monoisotopic (exact) mass is 313 g/mol. The zero-order chi connectivity index (χ0) is 16.0. The molecule has 0 spiro atoms. The summed E-state index contributed by atoms with van der Waals surface area (Å²) >= 11 is 0. The van der Waals surface area contributed by atoms with Gasteiger partial charge in [0.05, 0.1) is 6.04 Å². The number of carbonyl (C=O) groups excluding carboxylic acids is 1. The SMILES string of the molecule is Cc1nc([C@@H]2CCCN2C(=O)[C@@H]2Oc3ccccc3[C@H]2C)no1. The van der Waals surface area contributed by atoms with Crippen molar-refractivity contribution in [3.63, 3.8) is 0 Å². The number of para-hydroxylation sites is 1. The van der Waals surface area contributed by atoms with Crippen LogP contribution in [0.4, 0.5) is 0 Å². The number of aryl methyl sites for hydroxylation is 1. The maximum atomic E-state index is 13.0. The van der Waals surface area contributed by atoms with Gasteiger partial charge >= 0.3 is 0 Å². The number of hydrogen-bond acceptors (Lipinski definition) is 5. The molecule has 1 saturated heterocycles. The van der Waals surface area contributed by atoms with E-state index in [1.807, 2.05) is 36.1 Å². The Morgan fingerprint density at radius 2 is 2.17 bits per heavy atom. The number of ether oxygens (including phenoxy) is 1. The van der Waals surface area contributed by atoms with Gasteiger partial charge in [0.15, 0.2) is 11.9 Å². The first-order valence-corrected chi connectivity index (χ1v) is 8.01. The molecule has 2 aliphatic heterocycles. The van der Waals surface area contributed by atoms with Crippen LogP contribution in [0.1, 0.15) is 49.0 Å². The Balaban J connectivity index is 1.57. The third-order valence-corrected chi connectivity index (χ3v) is 4.74. The van der Waals surface area contributed by atoms with Crippen molar-refractivity contribution in [2.24, 2.45) is 0 Å². The van der Waals surface area contributed by atoms with Crippen molar-refractivity contribution >= 4 is 5.91 Å². The fourth-order valence-corrected chi connectivity index (χ4v) is 3.54. The molecule has 6 heteroatoms. The summed E-state index contributed by atoms with van der Waals surface area (Å²) in [6.45, 7) is 4.51. The standard InChI is InChI=1S/C17H19N3O3/c1-10-12-6-3-4-8-14(12)22-15(10)17(21)20-9-5-7-13(20)16-18-11(2)23-19-16/h3-4,6,8,10,13,15H,5,7,9H2,1-2H3/t10-,13+,15-/m1/s1. The van der Waals surface area contributed by atoms with Crippen molar-refractivity contribution in [1.29, 1.82) is 0 Å². The van der Waals surface area contributed by atoms with E-state index in [9.17, 15) is 4.79 Å². The predicted molar refractivity (Wildman–Crippen MR) is 82.0 cm³/mol. The summed E-state index contributed by atoms with van der Waals surface area (Å²) in [4.78, 5) is 19.2. The molecule has 0 N–H and O–H groups in total. The Morgan fingerprint density at radius 1 is 1.35 bits per heavy atom. The Kier molecular flexibility index (Phi) is 3.32. The fraction of sp³-hybridized carbons (Fsp3) is 0.471. The van der Waals surface area contributed by atoms with Crippen LogP contribution in [0.2, 0.25) is 0 Å². The van der Waals surface area contributed by atoms with Gasteiger partial charge in [-0.3, -0.25) is 4.79 Å². The van der Waals surface area contributed by atoms with Gasteiger partial charge in [-0.15, -0.1) is 0 Å². The molecule has 1 fully saturated rings. The van der Waals surface area contributed by atoms with Gasteiger partial charge in [0.2, 0.25) is 5.89 Å². The van der Waals surface area contributed by atoms with Crippen LogP contribution in [0.25, 0.3) is 0 Å². The van der Waals surface area contributed by atoms with Crippen LogP contribution in [-0.2, 0) is 4.79 Å². The highest BCUT2D eigenvalue weighted by Gasteiger charge is 2.43. The van der Waals surface area contributed by atoms with Gasteiger partial charge in [-0.25, -0.2) is 0 Å². The van der Waals surface area contributed by atoms with E-state index in [0.29, 0.717) is 18.3 Å². The average Bonchev–Trinajstić information content (AvgIpc) is 3.26. The van der Waals surface area contributed by atoms with E-state index >= 15 is 0 Å². The summed E-state index contributed by atoms with van der Waals surface area (Å²) in [5, 5.41) is 3.99. The molecule has 0 unspecified atom stereocenters. The van der Waals surface area contributed by atoms with E-state index in [-0.39, 0.29) is 17.9 Å². The summed E-state index contributed by atoms with van der Waals surface area (Å²) in [7, 11) is 0. The van der Waals surface area contributed by atoms with Crippen LogP contribution in [0.3, 0.4) is 0 Å². The first kappa shape index (κ1) is 14.2. The molecular weight excluding hydrogens is 294 g/mol. The van der Waals surface area contributed by atoms with Gasteiger partial charge in [0, 0.05) is 24.9 Å². The predicted octanol–water partition coefficient (Wildman–Crippen LogP) is 2.61. The number of likely N-dealkylation sites (tertiary alicyclic amines) is 1. The third kappa shape index (κ3) is 2.29. The van der Waals surface area contributed by atoms with E-state index in [0.717, 1.165) is 24.2 Å². The maximum absolute atomic E-state index is 13.0. The summed E-state index contributed by atoms with van der Waals surface area (Å²) in [6, 6.07) is 7.74. The largest absolute Gasteiger partial charge is 0.480 e. The van der Waals surface area contributed by atoms with Gasteiger partial charge in [-0.05, 0) is 18.9 Å². The van der Waals surface area contributed by atoms with Crippen molar-refractivity contribution < 1.29 is 14.1 Å². The van der Waals surface area contributed by atoms with Crippen molar-refractivity contribution in [1.82, 2.24) is 15.0 Å². The van der Waals surface area contributed by atoms with Crippen LogP contribution < -0.4 is 4.74 Å². The minimum absolute atomic E-state index is 0.0126. The minimum atomic E-state index is -0.471. The molecule has 3 atom stereocenters. The normalized spacial score (nSPS) is 26.2. The topological polar surface area (TPSA) is 68.5 Å². The number of rotatable bonds is 2. The average molecular weight is 313 g/mol. The Hall–Kier alpha value is -2.37. The lowest BCUT2D eigenvalue weighted by Gasteiger charge is -2.26. The lowest BCUT2D eigenvalue weighted by molar-refractivity contribution is -0.139. The zero-order valence-corrected chi connectivity index (χ0v) is 13.2. The number of amides is 1. The third-order valence-electron chi connectivity index (χ3n) is 4.74. The quantitative estimate of drug-likeness (QED) is 0.852. The first-order valence-electron chi connectivity index (χ1n) is 8.01. The number of hydrogen-bond donors (Lipinski definition) is 0. The number of benzene rings is 1. The lowest BCUT2D eigenvalue weighted by Crippen LogP contribution is -2.42. The number of carbonyl (C=O) groups is 1. The summed E-state index contributed by atoms with van der Waals surface area (Å²) < 4.78 is 11.0. The van der Waals surface area contributed by atoms with Gasteiger partial charge in [0.1, 0.15) is 5.75 Å². The molecule has 0 bridgehead atoms.